The van der Waals surface area contributed by atoms with Gasteiger partial charge in [-0.3, -0.25) is 14.2 Å². The third-order valence-electron chi connectivity index (χ3n) is 3.90. The fraction of sp³-hybridized carbons (Fsp3) is 0.222. The predicted molar refractivity (Wildman–Crippen MR) is 99.3 cm³/mol. The average molecular weight is 358 g/mol. The molecule has 1 aromatic heterocycles. The van der Waals surface area contributed by atoms with Gasteiger partial charge in [-0.2, -0.15) is 0 Å². The number of benzene rings is 2. The van der Waals surface area contributed by atoms with Crippen LogP contribution in [0.1, 0.15) is 17.3 Å². The van der Waals surface area contributed by atoms with E-state index in [2.05, 4.69) is 5.32 Å². The number of ether oxygens (including phenoxy) is 2. The summed E-state index contributed by atoms with van der Waals surface area (Å²) in [6.45, 7) is 2.54. The molecule has 3 aromatic rings. The summed E-state index contributed by atoms with van der Waals surface area (Å²) in [4.78, 5) is 24.6. The zero-order chi connectivity index (χ0) is 18.0. The highest BCUT2D eigenvalue weighted by Crippen LogP contribution is 2.29. The highest BCUT2D eigenvalue weighted by atomic mass is 32.1. The quantitative estimate of drug-likeness (QED) is 0.759. The normalized spacial score (nSPS) is 10.7. The van der Waals surface area contributed by atoms with Gasteiger partial charge in [0.05, 0.1) is 24.4 Å². The number of aryl methyl sites for hydroxylation is 1. The minimum atomic E-state index is -0.337. The Hall–Kier alpha value is -2.80. The summed E-state index contributed by atoms with van der Waals surface area (Å²) < 4.78 is 13.1. The molecular weight excluding hydrogens is 340 g/mol. The lowest BCUT2D eigenvalue weighted by molar-refractivity contribution is 0.102. The molecule has 1 heterocycles. The van der Waals surface area contributed by atoms with Crippen LogP contribution in [-0.2, 0) is 6.54 Å². The largest absolute Gasteiger partial charge is 0.496 e. The average Bonchev–Trinajstić information content (AvgIpc) is 2.94. The standard InChI is InChI=1S/C18H18N2O4S/c1-4-20-12-9-8-11(10-15(12)25-18(20)22)19-17(21)16-13(23-2)6-5-7-14(16)24-3/h5-10H,4H2,1-3H3,(H,19,21). The summed E-state index contributed by atoms with van der Waals surface area (Å²) >= 11 is 1.16. The lowest BCUT2D eigenvalue weighted by atomic mass is 10.1. The van der Waals surface area contributed by atoms with E-state index < -0.39 is 0 Å². The fourth-order valence-electron chi connectivity index (χ4n) is 2.71. The van der Waals surface area contributed by atoms with Crippen molar-refractivity contribution in [3.63, 3.8) is 0 Å². The van der Waals surface area contributed by atoms with Gasteiger partial charge in [0.2, 0.25) is 0 Å². The van der Waals surface area contributed by atoms with Crippen molar-refractivity contribution in [2.75, 3.05) is 19.5 Å². The second-order valence-electron chi connectivity index (χ2n) is 5.29. The van der Waals surface area contributed by atoms with E-state index in [1.54, 1.807) is 34.9 Å². The number of fused-ring (bicyclic) bond motifs is 1. The molecule has 7 heteroatoms. The summed E-state index contributed by atoms with van der Waals surface area (Å²) in [6.07, 6.45) is 0. The zero-order valence-electron chi connectivity index (χ0n) is 14.2. The molecule has 0 saturated carbocycles. The van der Waals surface area contributed by atoms with Crippen LogP contribution < -0.4 is 19.7 Å². The van der Waals surface area contributed by atoms with Gasteiger partial charge in [0.25, 0.3) is 5.91 Å². The highest BCUT2D eigenvalue weighted by molar-refractivity contribution is 7.16. The van der Waals surface area contributed by atoms with Crippen molar-refractivity contribution in [1.82, 2.24) is 4.57 Å². The van der Waals surface area contributed by atoms with E-state index in [-0.39, 0.29) is 10.8 Å². The summed E-state index contributed by atoms with van der Waals surface area (Å²) in [6, 6.07) is 10.6. The predicted octanol–water partition coefficient (Wildman–Crippen LogP) is 3.35. The van der Waals surface area contributed by atoms with Gasteiger partial charge >= 0.3 is 4.87 Å². The Morgan fingerprint density at radius 1 is 1.16 bits per heavy atom. The molecule has 0 radical (unpaired) electrons. The van der Waals surface area contributed by atoms with E-state index >= 15 is 0 Å². The Kier molecular flexibility index (Phi) is 4.76. The molecule has 0 aliphatic rings. The van der Waals surface area contributed by atoms with E-state index in [4.69, 9.17) is 9.47 Å². The zero-order valence-corrected chi connectivity index (χ0v) is 15.0. The van der Waals surface area contributed by atoms with Gasteiger partial charge in [-0.1, -0.05) is 17.4 Å². The van der Waals surface area contributed by atoms with Crippen LogP contribution in [-0.4, -0.2) is 24.7 Å². The third-order valence-corrected chi connectivity index (χ3v) is 4.84. The Morgan fingerprint density at radius 2 is 1.84 bits per heavy atom. The number of nitrogens with zero attached hydrogens (tertiary/aromatic N) is 1. The van der Waals surface area contributed by atoms with Crippen LogP contribution in [0.3, 0.4) is 0 Å². The SMILES string of the molecule is CCn1c(=O)sc2cc(NC(=O)c3c(OC)cccc3OC)ccc21. The van der Waals surface area contributed by atoms with Crippen molar-refractivity contribution in [2.45, 2.75) is 13.5 Å². The minimum absolute atomic E-state index is 0.00706. The molecule has 0 aliphatic heterocycles. The molecule has 130 valence electrons. The summed E-state index contributed by atoms with van der Waals surface area (Å²) in [5.41, 5.74) is 1.80. The first kappa shape index (κ1) is 17.0. The third kappa shape index (κ3) is 3.10. The first-order chi connectivity index (χ1) is 12.1. The molecule has 0 bridgehead atoms. The van der Waals surface area contributed by atoms with Gasteiger partial charge in [-0.25, -0.2) is 0 Å². The number of hydrogen-bond acceptors (Lipinski definition) is 5. The van der Waals surface area contributed by atoms with Crippen molar-refractivity contribution < 1.29 is 14.3 Å². The maximum Gasteiger partial charge on any atom is 0.308 e. The van der Waals surface area contributed by atoms with Crippen molar-refractivity contribution in [2.24, 2.45) is 0 Å². The number of aromatic nitrogens is 1. The van der Waals surface area contributed by atoms with Crippen molar-refractivity contribution in [3.05, 3.63) is 51.6 Å². The molecule has 0 unspecified atom stereocenters. The Balaban J connectivity index is 1.96. The Bertz CT molecular complexity index is 968. The van der Waals surface area contributed by atoms with Crippen LogP contribution in [0.5, 0.6) is 11.5 Å². The lowest BCUT2D eigenvalue weighted by Gasteiger charge is -2.13. The van der Waals surface area contributed by atoms with Gasteiger partial charge in [0.15, 0.2) is 0 Å². The van der Waals surface area contributed by atoms with Crippen LogP contribution in [0.25, 0.3) is 10.2 Å². The van der Waals surface area contributed by atoms with E-state index in [1.807, 2.05) is 13.0 Å². The second kappa shape index (κ2) is 6.98. The van der Waals surface area contributed by atoms with E-state index in [0.717, 1.165) is 21.6 Å². The monoisotopic (exact) mass is 358 g/mol. The summed E-state index contributed by atoms with van der Waals surface area (Å²) in [5.74, 6) is 0.523. The molecule has 0 aliphatic carbocycles. The molecule has 1 amide bonds. The van der Waals surface area contributed by atoms with Crippen molar-refractivity contribution in [1.29, 1.82) is 0 Å². The molecule has 6 nitrogen and oxygen atoms in total. The minimum Gasteiger partial charge on any atom is -0.496 e. The number of nitrogens with one attached hydrogen (secondary N) is 1. The highest BCUT2D eigenvalue weighted by Gasteiger charge is 2.18. The smallest absolute Gasteiger partial charge is 0.308 e. The molecule has 0 atom stereocenters. The number of rotatable bonds is 5. The molecule has 1 N–H and O–H groups in total. The molecule has 0 fully saturated rings. The van der Waals surface area contributed by atoms with Crippen molar-refractivity contribution >= 4 is 33.1 Å². The van der Waals surface area contributed by atoms with E-state index in [9.17, 15) is 9.59 Å². The van der Waals surface area contributed by atoms with Gasteiger partial charge in [-0.15, -0.1) is 0 Å². The van der Waals surface area contributed by atoms with E-state index in [1.165, 1.54) is 14.2 Å². The molecule has 0 saturated heterocycles. The van der Waals surface area contributed by atoms with Crippen LogP contribution in [0, 0.1) is 0 Å². The summed E-state index contributed by atoms with van der Waals surface area (Å²) in [5, 5.41) is 2.84. The van der Waals surface area contributed by atoms with Gasteiger partial charge in [0, 0.05) is 12.2 Å². The van der Waals surface area contributed by atoms with Crippen LogP contribution in [0.4, 0.5) is 5.69 Å². The Morgan fingerprint density at radius 3 is 2.44 bits per heavy atom. The number of thiazole rings is 1. The van der Waals surface area contributed by atoms with Crippen LogP contribution in [0.2, 0.25) is 0 Å². The van der Waals surface area contributed by atoms with Gasteiger partial charge in [0.1, 0.15) is 17.1 Å². The van der Waals surface area contributed by atoms with Gasteiger partial charge < -0.3 is 14.8 Å². The molecule has 2 aromatic carbocycles. The number of methoxy groups -OCH3 is 2. The van der Waals surface area contributed by atoms with Crippen LogP contribution in [0.15, 0.2) is 41.2 Å². The molecule has 3 rings (SSSR count). The second-order valence-corrected chi connectivity index (χ2v) is 6.28. The lowest BCUT2D eigenvalue weighted by Crippen LogP contribution is -2.14. The maximum absolute atomic E-state index is 12.7. The Labute approximate surface area is 148 Å². The molecule has 25 heavy (non-hydrogen) atoms. The molecule has 0 spiro atoms. The van der Waals surface area contributed by atoms with Crippen molar-refractivity contribution in [3.8, 4) is 11.5 Å². The number of carbonyl (C=O) groups excluding carboxylic acids is 1. The van der Waals surface area contributed by atoms with E-state index in [0.29, 0.717) is 29.3 Å². The molecular formula is C18H18N2O4S. The maximum atomic E-state index is 12.7. The van der Waals surface area contributed by atoms with Crippen LogP contribution >= 0.6 is 11.3 Å². The number of anilines is 1. The number of hydrogen-bond donors (Lipinski definition) is 1. The number of amides is 1. The topological polar surface area (TPSA) is 69.6 Å². The fourth-order valence-corrected chi connectivity index (χ4v) is 3.71. The first-order valence-corrected chi connectivity index (χ1v) is 8.56. The van der Waals surface area contributed by atoms with Gasteiger partial charge in [-0.05, 0) is 37.3 Å². The number of carbonyl (C=O) groups is 1. The summed E-state index contributed by atoms with van der Waals surface area (Å²) in [7, 11) is 3.01. The first-order valence-electron chi connectivity index (χ1n) is 7.74.